The first kappa shape index (κ1) is 22.8. The van der Waals surface area contributed by atoms with Gasteiger partial charge in [0.2, 0.25) is 0 Å². The van der Waals surface area contributed by atoms with E-state index in [-0.39, 0.29) is 24.4 Å². The van der Waals surface area contributed by atoms with Gasteiger partial charge in [0.1, 0.15) is 11.5 Å². The summed E-state index contributed by atoms with van der Waals surface area (Å²) in [5.41, 5.74) is 0.861. The van der Waals surface area contributed by atoms with Gasteiger partial charge >= 0.3 is 0 Å². The third-order valence-corrected chi connectivity index (χ3v) is 4.68. The van der Waals surface area contributed by atoms with Gasteiger partial charge in [-0.15, -0.1) is 0 Å². The van der Waals surface area contributed by atoms with Gasteiger partial charge in [-0.3, -0.25) is 9.59 Å². The Hall–Kier alpha value is -3.88. The normalized spacial score (nSPS) is 11.5. The zero-order valence-electron chi connectivity index (χ0n) is 18.0. The van der Waals surface area contributed by atoms with Crippen molar-refractivity contribution in [1.29, 1.82) is 0 Å². The number of carbonyl (C=O) groups is 1. The van der Waals surface area contributed by atoms with Crippen molar-refractivity contribution in [2.75, 3.05) is 20.8 Å². The molecule has 168 valence electrons. The summed E-state index contributed by atoms with van der Waals surface area (Å²) in [6.07, 6.45) is -0.913. The number of halogens is 1. The minimum absolute atomic E-state index is 0.00651. The van der Waals surface area contributed by atoms with E-state index in [0.717, 1.165) is 0 Å². The molecule has 1 amide bonds. The molecule has 0 spiro atoms. The number of methoxy groups -OCH3 is 2. The molecule has 32 heavy (non-hydrogen) atoms. The molecule has 2 aromatic carbocycles. The molecular weight excluding hydrogens is 417 g/mol. The zero-order chi connectivity index (χ0) is 23.1. The summed E-state index contributed by atoms with van der Waals surface area (Å²) in [4.78, 5) is 24.5. The van der Waals surface area contributed by atoms with Crippen molar-refractivity contribution in [3.8, 4) is 28.5 Å². The van der Waals surface area contributed by atoms with Gasteiger partial charge in [-0.05, 0) is 43.3 Å². The Bertz CT molecular complexity index is 1150. The largest absolute Gasteiger partial charge is 0.497 e. The van der Waals surface area contributed by atoms with Crippen LogP contribution in [0, 0.1) is 5.82 Å². The van der Waals surface area contributed by atoms with Crippen LogP contribution in [0.3, 0.4) is 0 Å². The Morgan fingerprint density at radius 1 is 1.09 bits per heavy atom. The highest BCUT2D eigenvalue weighted by Crippen LogP contribution is 2.31. The molecular formula is C23H24FN3O5. The first-order valence-corrected chi connectivity index (χ1v) is 9.92. The molecule has 0 saturated heterocycles. The summed E-state index contributed by atoms with van der Waals surface area (Å²) in [6.45, 7) is 1.79. The van der Waals surface area contributed by atoms with Crippen molar-refractivity contribution < 1.29 is 23.4 Å². The van der Waals surface area contributed by atoms with Gasteiger partial charge in [0, 0.05) is 18.2 Å². The van der Waals surface area contributed by atoms with Crippen LogP contribution in [-0.4, -0.2) is 42.6 Å². The molecule has 0 aliphatic carbocycles. The second-order valence-corrected chi connectivity index (χ2v) is 6.83. The maximum Gasteiger partial charge on any atom is 0.266 e. The Kier molecular flexibility index (Phi) is 7.43. The van der Waals surface area contributed by atoms with Crippen LogP contribution in [0.4, 0.5) is 4.39 Å². The summed E-state index contributed by atoms with van der Waals surface area (Å²) in [6, 6.07) is 14.1. The second kappa shape index (κ2) is 10.4. The third kappa shape index (κ3) is 5.42. The molecule has 0 aliphatic heterocycles. The monoisotopic (exact) mass is 441 g/mol. The molecule has 0 fully saturated rings. The number of carbonyl (C=O) groups excluding carboxylic acids is 1. The van der Waals surface area contributed by atoms with Crippen LogP contribution >= 0.6 is 0 Å². The highest BCUT2D eigenvalue weighted by Gasteiger charge is 2.16. The molecule has 0 saturated carbocycles. The fourth-order valence-corrected chi connectivity index (χ4v) is 2.98. The number of benzene rings is 2. The number of aromatic nitrogens is 2. The van der Waals surface area contributed by atoms with Crippen LogP contribution in [0.15, 0.2) is 59.4 Å². The summed E-state index contributed by atoms with van der Waals surface area (Å²) < 4.78 is 30.9. The molecule has 0 aliphatic rings. The Balaban J connectivity index is 1.67. The Morgan fingerprint density at radius 2 is 1.88 bits per heavy atom. The second-order valence-electron chi connectivity index (χ2n) is 6.83. The minimum Gasteiger partial charge on any atom is -0.497 e. The number of amides is 1. The molecule has 3 aromatic rings. The topological polar surface area (TPSA) is 91.7 Å². The van der Waals surface area contributed by atoms with E-state index in [4.69, 9.17) is 14.2 Å². The highest BCUT2D eigenvalue weighted by molar-refractivity contribution is 5.80. The number of ether oxygens (including phenoxy) is 3. The number of para-hydroxylation sites is 1. The fraction of sp³-hybridized carbons (Fsp3) is 0.261. The zero-order valence-corrected chi connectivity index (χ0v) is 18.0. The van der Waals surface area contributed by atoms with Crippen molar-refractivity contribution >= 4 is 5.91 Å². The van der Waals surface area contributed by atoms with E-state index in [1.54, 1.807) is 44.6 Å². The predicted octanol–water partition coefficient (Wildman–Crippen LogP) is 2.65. The molecule has 9 heteroatoms. The molecule has 3 rings (SSSR count). The van der Waals surface area contributed by atoms with E-state index in [1.165, 1.54) is 35.9 Å². The number of hydrogen-bond donors (Lipinski definition) is 1. The number of nitrogens with one attached hydrogen (secondary N) is 1. The van der Waals surface area contributed by atoms with Crippen molar-refractivity contribution in [1.82, 2.24) is 15.1 Å². The molecule has 0 radical (unpaired) electrons. The van der Waals surface area contributed by atoms with E-state index < -0.39 is 17.8 Å². The number of nitrogens with zero attached hydrogens (tertiary/aromatic N) is 2. The molecule has 1 atom stereocenters. The van der Waals surface area contributed by atoms with Crippen molar-refractivity contribution in [2.24, 2.45) is 0 Å². The van der Waals surface area contributed by atoms with Crippen LogP contribution in [0.25, 0.3) is 11.3 Å². The van der Waals surface area contributed by atoms with Crippen molar-refractivity contribution in [3.05, 3.63) is 70.8 Å². The maximum absolute atomic E-state index is 13.7. The molecule has 0 bridgehead atoms. The van der Waals surface area contributed by atoms with E-state index in [2.05, 4.69) is 10.4 Å². The van der Waals surface area contributed by atoms with Crippen LogP contribution < -0.4 is 25.1 Å². The lowest BCUT2D eigenvalue weighted by Crippen LogP contribution is -2.39. The summed E-state index contributed by atoms with van der Waals surface area (Å²) in [5.74, 6) is 0.208. The quantitative estimate of drug-likeness (QED) is 0.549. The van der Waals surface area contributed by atoms with Gasteiger partial charge < -0.3 is 19.5 Å². The maximum atomic E-state index is 13.7. The van der Waals surface area contributed by atoms with Crippen LogP contribution in [0.5, 0.6) is 17.2 Å². The van der Waals surface area contributed by atoms with Crippen LogP contribution in [0.1, 0.15) is 6.92 Å². The molecule has 8 nitrogen and oxygen atoms in total. The van der Waals surface area contributed by atoms with Crippen LogP contribution in [-0.2, 0) is 11.3 Å². The van der Waals surface area contributed by atoms with Crippen molar-refractivity contribution in [3.63, 3.8) is 0 Å². The molecule has 0 unspecified atom stereocenters. The first-order valence-electron chi connectivity index (χ1n) is 9.92. The van der Waals surface area contributed by atoms with Gasteiger partial charge in [-0.2, -0.15) is 5.10 Å². The lowest BCUT2D eigenvalue weighted by Gasteiger charge is -2.15. The first-order chi connectivity index (χ1) is 15.4. The summed E-state index contributed by atoms with van der Waals surface area (Å²) in [5, 5.41) is 7.05. The average Bonchev–Trinajstić information content (AvgIpc) is 2.81. The van der Waals surface area contributed by atoms with E-state index >= 15 is 0 Å². The van der Waals surface area contributed by atoms with Crippen molar-refractivity contribution in [2.45, 2.75) is 19.6 Å². The molecule has 1 heterocycles. The lowest BCUT2D eigenvalue weighted by atomic mass is 10.1. The minimum atomic E-state index is -0.913. The summed E-state index contributed by atoms with van der Waals surface area (Å²) in [7, 11) is 3.10. The van der Waals surface area contributed by atoms with Crippen LogP contribution in [0.2, 0.25) is 0 Å². The van der Waals surface area contributed by atoms with E-state index in [1.807, 2.05) is 0 Å². The average molecular weight is 441 g/mol. The van der Waals surface area contributed by atoms with E-state index in [0.29, 0.717) is 22.8 Å². The Labute approximate surface area is 184 Å². The smallest absolute Gasteiger partial charge is 0.266 e. The Morgan fingerprint density at radius 3 is 2.59 bits per heavy atom. The standard InChI is InChI=1S/C23H24FN3O5/c1-15(32-21-7-5-4-6-18(21)24)23(29)25-12-13-27-22(28)11-9-19(26-27)17-14-16(30-2)8-10-20(17)31-3/h4-11,14-15H,12-13H2,1-3H3,(H,25,29)/t15-/m0/s1. The molecule has 1 aromatic heterocycles. The van der Waals surface area contributed by atoms with Gasteiger partial charge in [-0.25, -0.2) is 9.07 Å². The number of hydrogen-bond acceptors (Lipinski definition) is 6. The number of rotatable bonds is 9. The van der Waals surface area contributed by atoms with Gasteiger partial charge in [0.25, 0.3) is 11.5 Å². The predicted molar refractivity (Wildman–Crippen MR) is 117 cm³/mol. The lowest BCUT2D eigenvalue weighted by molar-refractivity contribution is -0.127. The van der Waals surface area contributed by atoms with Gasteiger partial charge in [0.15, 0.2) is 17.7 Å². The molecule has 1 N–H and O–H groups in total. The summed E-state index contributed by atoms with van der Waals surface area (Å²) >= 11 is 0. The third-order valence-electron chi connectivity index (χ3n) is 4.68. The van der Waals surface area contributed by atoms with Gasteiger partial charge in [-0.1, -0.05) is 12.1 Å². The highest BCUT2D eigenvalue weighted by atomic mass is 19.1. The van der Waals surface area contributed by atoms with E-state index in [9.17, 15) is 14.0 Å². The SMILES string of the molecule is COc1ccc(OC)c(-c2ccc(=O)n(CCNC(=O)[C@H](C)Oc3ccccc3F)n2)c1. The van der Waals surface area contributed by atoms with Gasteiger partial charge in [0.05, 0.1) is 26.5 Å². The fourth-order valence-electron chi connectivity index (χ4n) is 2.98.